The van der Waals surface area contributed by atoms with Crippen molar-refractivity contribution < 1.29 is 44.6 Å². The van der Waals surface area contributed by atoms with Crippen molar-refractivity contribution in [2.75, 3.05) is 13.1 Å². The van der Waals surface area contributed by atoms with E-state index in [0.717, 1.165) is 25.7 Å². The average molecular weight is 744 g/mol. The topological polar surface area (TPSA) is 175 Å². The molecule has 16 heteroatoms. The number of nitrogens with one attached hydrogen (secondary N) is 1. The molecule has 2 saturated carbocycles. The molecule has 0 radical (unpaired) electrons. The highest BCUT2D eigenvalue weighted by Gasteiger charge is 2.55. The number of ether oxygens (including phenoxy) is 1. The van der Waals surface area contributed by atoms with E-state index < -0.39 is 37.5 Å². The first kappa shape index (κ1) is 37.6. The summed E-state index contributed by atoms with van der Waals surface area (Å²) in [5, 5.41) is 13.9. The molecule has 2 N–H and O–H groups in total. The zero-order chi connectivity index (χ0) is 35.2. The fraction of sp³-hybridized carbons (Fsp3) is 0.438. The molecular formula is C32H36Cl2N2O10S2. The number of isocyanates is 1. The molecule has 2 aliphatic carbocycles. The lowest BCUT2D eigenvalue weighted by atomic mass is 9.97. The van der Waals surface area contributed by atoms with Crippen LogP contribution in [0.5, 0.6) is 0 Å². The molecule has 4 aliphatic rings. The van der Waals surface area contributed by atoms with Gasteiger partial charge in [0.1, 0.15) is 26.8 Å². The van der Waals surface area contributed by atoms with Crippen LogP contribution < -0.4 is 5.32 Å². The molecule has 0 saturated heterocycles. The number of carbonyl (C=O) groups excluding carboxylic acids is 2. The summed E-state index contributed by atoms with van der Waals surface area (Å²) in [6, 6.07) is 12.6. The van der Waals surface area contributed by atoms with Crippen molar-refractivity contribution in [3.63, 3.8) is 0 Å². The van der Waals surface area contributed by atoms with E-state index >= 15 is 0 Å². The highest BCUT2D eigenvalue weighted by atomic mass is 35.5. The normalized spacial score (nSPS) is 20.8. The van der Waals surface area contributed by atoms with Gasteiger partial charge in [-0.25, -0.2) is 14.6 Å². The van der Waals surface area contributed by atoms with Gasteiger partial charge in [-0.05, 0) is 101 Å². The van der Waals surface area contributed by atoms with Crippen LogP contribution in [0.15, 0.2) is 65.0 Å². The van der Waals surface area contributed by atoms with Crippen molar-refractivity contribution in [2.45, 2.75) is 76.4 Å². The second-order valence-corrected chi connectivity index (χ2v) is 15.2. The number of hydrogen-bond acceptors (Lipinski definition) is 11. The molecule has 2 aliphatic heterocycles. The Bertz CT molecular complexity index is 1820. The van der Waals surface area contributed by atoms with Gasteiger partial charge >= 0.3 is 26.3 Å². The number of carbonyl (C=O) groups is 1. The summed E-state index contributed by atoms with van der Waals surface area (Å²) < 4.78 is 65.6. The van der Waals surface area contributed by atoms with Crippen molar-refractivity contribution in [2.24, 2.45) is 4.99 Å². The number of alkyl carbamates (subject to hydrolysis) is 1. The van der Waals surface area contributed by atoms with Crippen molar-refractivity contribution in [1.82, 2.24) is 5.32 Å². The van der Waals surface area contributed by atoms with E-state index in [2.05, 4.69) is 10.3 Å². The van der Waals surface area contributed by atoms with Crippen LogP contribution in [0.3, 0.4) is 0 Å². The van der Waals surface area contributed by atoms with E-state index in [9.17, 15) is 26.7 Å². The van der Waals surface area contributed by atoms with E-state index in [-0.39, 0.29) is 21.3 Å². The number of aliphatic imine (C=N–C) groups is 1. The smallest absolute Gasteiger partial charge is 0.412 e. The van der Waals surface area contributed by atoms with E-state index in [1.807, 2.05) is 0 Å². The molecule has 0 atom stereocenters. The average Bonchev–Trinajstić information content (AvgIpc) is 3.78. The molecule has 2 aromatic rings. The Kier molecular flexibility index (Phi) is 12.2. The zero-order valence-corrected chi connectivity index (χ0v) is 29.5. The maximum Gasteiger partial charge on any atom is 0.412 e. The second-order valence-electron chi connectivity index (χ2n) is 11.3. The van der Waals surface area contributed by atoms with Gasteiger partial charge in [0.25, 0.3) is 0 Å². The lowest BCUT2D eigenvalue weighted by molar-refractivity contribution is 0.0736. The fourth-order valence-electron chi connectivity index (χ4n) is 5.99. The first-order valence-electron chi connectivity index (χ1n) is 15.3. The summed E-state index contributed by atoms with van der Waals surface area (Å²) in [6.07, 6.45) is 6.10. The summed E-state index contributed by atoms with van der Waals surface area (Å²) in [5.74, 6) is -0.0828. The van der Waals surface area contributed by atoms with Gasteiger partial charge in [-0.3, -0.25) is 8.37 Å². The molecule has 0 aromatic heterocycles. The van der Waals surface area contributed by atoms with Gasteiger partial charge in [-0.2, -0.15) is 16.8 Å². The van der Waals surface area contributed by atoms with E-state index in [4.69, 9.17) is 41.1 Å². The van der Waals surface area contributed by atoms with Gasteiger partial charge in [-0.1, -0.05) is 47.5 Å². The number of rotatable bonds is 5. The third-order valence-electron chi connectivity index (χ3n) is 8.08. The third-order valence-corrected chi connectivity index (χ3v) is 11.5. The third kappa shape index (κ3) is 8.14. The maximum atomic E-state index is 12.6. The van der Waals surface area contributed by atoms with Gasteiger partial charge < -0.3 is 15.2 Å². The predicted octanol–water partition coefficient (Wildman–Crippen LogP) is 7.01. The molecule has 12 nitrogen and oxygen atoms in total. The molecular weight excluding hydrogens is 707 g/mol. The number of benzene rings is 2. The van der Waals surface area contributed by atoms with Crippen LogP contribution in [0.25, 0.3) is 9.81 Å². The monoisotopic (exact) mass is 742 g/mol. The Morgan fingerprint density at radius 2 is 1.27 bits per heavy atom. The minimum Gasteiger partial charge on any atom is -0.508 e. The van der Waals surface area contributed by atoms with Crippen LogP contribution in [0.2, 0.25) is 10.0 Å². The van der Waals surface area contributed by atoms with Crippen molar-refractivity contribution in [1.29, 1.82) is 0 Å². The van der Waals surface area contributed by atoms with E-state index in [1.54, 1.807) is 62.4 Å². The number of halogens is 2. The number of aliphatic hydroxyl groups excluding tert-OH is 1. The molecule has 2 fully saturated rings. The Morgan fingerprint density at radius 3 is 1.71 bits per heavy atom. The lowest BCUT2D eigenvalue weighted by Gasteiger charge is -2.23. The Labute approximate surface area is 290 Å². The van der Waals surface area contributed by atoms with Crippen LogP contribution >= 0.6 is 23.2 Å². The van der Waals surface area contributed by atoms with Gasteiger partial charge in [0.05, 0.1) is 0 Å². The lowest BCUT2D eigenvalue weighted by Crippen LogP contribution is -2.33. The molecule has 260 valence electrons. The number of amides is 1. The largest absolute Gasteiger partial charge is 0.508 e. The maximum absolute atomic E-state index is 12.6. The Morgan fingerprint density at radius 1 is 0.833 bits per heavy atom. The fourth-order valence-corrected chi connectivity index (χ4v) is 9.46. The second kappa shape index (κ2) is 15.5. The van der Waals surface area contributed by atoms with Gasteiger partial charge in [-0.15, -0.1) is 0 Å². The minimum atomic E-state index is -4.02. The van der Waals surface area contributed by atoms with Crippen molar-refractivity contribution in [3.05, 3.63) is 81.2 Å². The highest BCUT2D eigenvalue weighted by molar-refractivity contribution is 7.97. The molecule has 2 aromatic carbocycles. The Hall–Kier alpha value is -3.23. The molecule has 0 unspecified atom stereocenters. The summed E-state index contributed by atoms with van der Waals surface area (Å²) in [6.45, 7) is 4.46. The SMILES string of the molecule is CCN=C=O.CCNC(=O)OC1=C(c2ccc(Cl)cc2)S(=O)(=O)OC12CCCC2.O=S1(=O)OC2(CCCC2)C(O)=C1c1ccc(Cl)cc1. The van der Waals surface area contributed by atoms with Gasteiger partial charge in [0.2, 0.25) is 6.08 Å². The number of nitrogens with zero attached hydrogens (tertiary/aromatic N) is 1. The van der Waals surface area contributed by atoms with Crippen LogP contribution in [-0.4, -0.2) is 58.4 Å². The van der Waals surface area contributed by atoms with Crippen LogP contribution in [0.1, 0.15) is 76.3 Å². The molecule has 2 heterocycles. The number of aliphatic hydroxyl groups is 1. The van der Waals surface area contributed by atoms with Crippen molar-refractivity contribution >= 4 is 65.4 Å². The first-order chi connectivity index (χ1) is 22.7. The van der Waals surface area contributed by atoms with E-state index in [0.29, 0.717) is 59.9 Å². The quantitative estimate of drug-likeness (QED) is 0.184. The molecule has 0 bridgehead atoms. The van der Waals surface area contributed by atoms with Crippen LogP contribution in [-0.2, 0) is 38.1 Å². The zero-order valence-electron chi connectivity index (χ0n) is 26.3. The minimum absolute atomic E-state index is 0.0771. The first-order valence-corrected chi connectivity index (χ1v) is 18.9. The molecule has 6 rings (SSSR count). The highest BCUT2D eigenvalue weighted by Crippen LogP contribution is 2.52. The molecule has 2 spiro atoms. The number of hydrogen-bond donors (Lipinski definition) is 2. The van der Waals surface area contributed by atoms with E-state index in [1.165, 1.54) is 6.08 Å². The summed E-state index contributed by atoms with van der Waals surface area (Å²) in [5.41, 5.74) is -1.32. The standard InChI is InChI=1S/C16H18ClNO5S.C13H13ClO4S.C3H5NO/c1-2-18-15(19)22-14-13(11-5-7-12(17)8-6-11)24(20,21)23-16(14)9-3-4-10-16;14-10-5-3-9(4-6-10)11-12(15)13(7-1-2-8-13)18-19(11,16)17;1-2-4-3-5/h5-8H,2-4,9-10H2,1H3,(H,18,19);3-6,15H,1-2,7-8H2;2H2,1H3. The molecule has 1 amide bonds. The van der Waals surface area contributed by atoms with Crippen LogP contribution in [0.4, 0.5) is 4.79 Å². The molecule has 48 heavy (non-hydrogen) atoms. The summed E-state index contributed by atoms with van der Waals surface area (Å²) in [4.78, 5) is 24.0. The Balaban J connectivity index is 0.000000194. The summed E-state index contributed by atoms with van der Waals surface area (Å²) >= 11 is 11.7. The van der Waals surface area contributed by atoms with Gasteiger partial charge in [0, 0.05) is 23.1 Å². The summed E-state index contributed by atoms with van der Waals surface area (Å²) in [7, 11) is -7.93. The van der Waals surface area contributed by atoms with Gasteiger partial charge in [0.15, 0.2) is 5.76 Å². The van der Waals surface area contributed by atoms with Crippen molar-refractivity contribution in [3.8, 4) is 0 Å². The predicted molar refractivity (Wildman–Crippen MR) is 181 cm³/mol. The van der Waals surface area contributed by atoms with Crippen LogP contribution in [0, 0.1) is 0 Å².